The second kappa shape index (κ2) is 6.55. The quantitative estimate of drug-likeness (QED) is 0.286. The Kier molecular flexibility index (Phi) is 5.83. The van der Waals surface area contributed by atoms with E-state index in [4.69, 9.17) is 24.4 Å². The molecular formula is C8H17O10P. The summed E-state index contributed by atoms with van der Waals surface area (Å²) in [5, 5.41) is 37.8. The van der Waals surface area contributed by atoms with E-state index in [2.05, 4.69) is 4.52 Å². The van der Waals surface area contributed by atoms with Crippen LogP contribution in [0.2, 0.25) is 0 Å². The number of phosphoric acid groups is 1. The van der Waals surface area contributed by atoms with Gasteiger partial charge in [-0.3, -0.25) is 4.52 Å². The van der Waals surface area contributed by atoms with E-state index in [0.717, 1.165) is 7.11 Å². The average Bonchev–Trinajstić information content (AvgIpc) is 2.33. The van der Waals surface area contributed by atoms with Gasteiger partial charge in [-0.05, 0) is 0 Å². The Labute approximate surface area is 108 Å². The minimum absolute atomic E-state index is 0.883. The van der Waals surface area contributed by atoms with Crippen molar-refractivity contribution in [3.63, 3.8) is 0 Å². The van der Waals surface area contributed by atoms with E-state index in [0.29, 0.717) is 0 Å². The van der Waals surface area contributed by atoms with E-state index in [9.17, 15) is 19.9 Å². The SMILES string of the molecule is CO[C@@H]1O[C@H]([C@H](CO)OP(=O)(O)O)[C@@H](O)[C@H](O)[C@@H]1O. The van der Waals surface area contributed by atoms with Crippen LogP contribution in [-0.4, -0.2) is 80.7 Å². The molecular weight excluding hydrogens is 287 g/mol. The highest BCUT2D eigenvalue weighted by atomic mass is 31.2. The van der Waals surface area contributed by atoms with Gasteiger partial charge in [-0.25, -0.2) is 4.57 Å². The van der Waals surface area contributed by atoms with Crippen LogP contribution in [0.25, 0.3) is 0 Å². The van der Waals surface area contributed by atoms with Crippen molar-refractivity contribution in [2.45, 2.75) is 36.8 Å². The minimum Gasteiger partial charge on any atom is -0.394 e. The molecule has 1 fully saturated rings. The number of rotatable bonds is 5. The van der Waals surface area contributed by atoms with Crippen LogP contribution in [0.15, 0.2) is 0 Å². The fourth-order valence-electron chi connectivity index (χ4n) is 1.75. The number of phosphoric ester groups is 1. The topological polar surface area (TPSA) is 166 Å². The number of aliphatic hydroxyl groups excluding tert-OH is 4. The van der Waals surface area contributed by atoms with Crippen molar-refractivity contribution in [1.29, 1.82) is 0 Å². The maximum Gasteiger partial charge on any atom is 0.470 e. The summed E-state index contributed by atoms with van der Waals surface area (Å²) >= 11 is 0. The summed E-state index contributed by atoms with van der Waals surface area (Å²) in [6, 6.07) is 0. The van der Waals surface area contributed by atoms with Gasteiger partial charge in [0.05, 0.1) is 6.61 Å². The van der Waals surface area contributed by atoms with Crippen molar-refractivity contribution in [2.24, 2.45) is 0 Å². The number of ether oxygens (including phenoxy) is 2. The van der Waals surface area contributed by atoms with Crippen molar-refractivity contribution in [2.75, 3.05) is 13.7 Å². The van der Waals surface area contributed by atoms with Crippen LogP contribution in [0.3, 0.4) is 0 Å². The molecule has 0 aromatic carbocycles. The fraction of sp³-hybridized carbons (Fsp3) is 1.00. The molecule has 0 aromatic rings. The van der Waals surface area contributed by atoms with E-state index in [-0.39, 0.29) is 0 Å². The third-order valence-corrected chi connectivity index (χ3v) is 3.20. The lowest BCUT2D eigenvalue weighted by molar-refractivity contribution is -0.304. The van der Waals surface area contributed by atoms with Crippen molar-refractivity contribution in [1.82, 2.24) is 0 Å². The molecule has 0 aromatic heterocycles. The molecule has 0 amide bonds. The molecule has 0 spiro atoms. The highest BCUT2D eigenvalue weighted by Crippen LogP contribution is 2.40. The molecule has 0 saturated carbocycles. The van der Waals surface area contributed by atoms with E-state index < -0.39 is 51.2 Å². The maximum atomic E-state index is 10.7. The van der Waals surface area contributed by atoms with Crippen LogP contribution in [0.5, 0.6) is 0 Å². The average molecular weight is 304 g/mol. The number of methoxy groups -OCH3 is 1. The first kappa shape index (κ1) is 16.9. The van der Waals surface area contributed by atoms with Crippen molar-refractivity contribution >= 4 is 7.82 Å². The summed E-state index contributed by atoms with van der Waals surface area (Å²) in [5.41, 5.74) is 0. The molecule has 0 bridgehead atoms. The molecule has 0 aliphatic carbocycles. The van der Waals surface area contributed by atoms with E-state index in [1.165, 1.54) is 0 Å². The van der Waals surface area contributed by atoms with Gasteiger partial charge in [0.2, 0.25) is 0 Å². The van der Waals surface area contributed by atoms with Crippen LogP contribution in [0.4, 0.5) is 0 Å². The van der Waals surface area contributed by atoms with Crippen LogP contribution >= 0.6 is 7.82 Å². The summed E-state index contributed by atoms with van der Waals surface area (Å²) in [6.07, 6.45) is -9.37. The molecule has 0 radical (unpaired) electrons. The predicted octanol–water partition coefficient (Wildman–Crippen LogP) is -3.09. The molecule has 11 heteroatoms. The van der Waals surface area contributed by atoms with Gasteiger partial charge in [0.25, 0.3) is 0 Å². The third kappa shape index (κ3) is 4.17. The lowest BCUT2D eigenvalue weighted by Gasteiger charge is -2.42. The Morgan fingerprint density at radius 2 is 1.79 bits per heavy atom. The van der Waals surface area contributed by atoms with Gasteiger partial charge in [0, 0.05) is 7.11 Å². The molecule has 19 heavy (non-hydrogen) atoms. The summed E-state index contributed by atoms with van der Waals surface area (Å²) in [7, 11) is -3.77. The normalized spacial score (nSPS) is 38.2. The molecule has 10 nitrogen and oxygen atoms in total. The van der Waals surface area contributed by atoms with Crippen molar-refractivity contribution in [3.05, 3.63) is 0 Å². The highest BCUT2D eigenvalue weighted by molar-refractivity contribution is 7.46. The van der Waals surface area contributed by atoms with Crippen molar-refractivity contribution < 1.29 is 48.8 Å². The number of hydrogen-bond donors (Lipinski definition) is 6. The number of aliphatic hydroxyl groups is 4. The summed E-state index contributed by atoms with van der Waals surface area (Å²) < 4.78 is 24.7. The maximum absolute atomic E-state index is 10.7. The Morgan fingerprint density at radius 3 is 2.21 bits per heavy atom. The summed E-state index contributed by atoms with van der Waals surface area (Å²) in [5.74, 6) is 0. The molecule has 1 aliphatic rings. The van der Waals surface area contributed by atoms with Crippen molar-refractivity contribution in [3.8, 4) is 0 Å². The Balaban J connectivity index is 2.86. The number of hydrogen-bond acceptors (Lipinski definition) is 8. The fourth-order valence-corrected chi connectivity index (χ4v) is 2.29. The van der Waals surface area contributed by atoms with Gasteiger partial charge in [-0.2, -0.15) is 0 Å². The molecule has 114 valence electrons. The summed E-state index contributed by atoms with van der Waals surface area (Å²) in [6.45, 7) is -0.883. The Hall–Kier alpha value is -0.130. The highest BCUT2D eigenvalue weighted by Gasteiger charge is 2.48. The monoisotopic (exact) mass is 304 g/mol. The zero-order valence-electron chi connectivity index (χ0n) is 9.93. The van der Waals surface area contributed by atoms with Gasteiger partial charge in [-0.1, -0.05) is 0 Å². The van der Waals surface area contributed by atoms with Crippen LogP contribution in [-0.2, 0) is 18.6 Å². The third-order valence-electron chi connectivity index (χ3n) is 2.66. The van der Waals surface area contributed by atoms with Gasteiger partial charge < -0.3 is 39.7 Å². The second-order valence-electron chi connectivity index (χ2n) is 3.99. The van der Waals surface area contributed by atoms with Gasteiger partial charge in [0.1, 0.15) is 30.5 Å². The Bertz CT molecular complexity index is 329. The molecule has 1 aliphatic heterocycles. The zero-order valence-corrected chi connectivity index (χ0v) is 10.8. The van der Waals surface area contributed by atoms with Gasteiger partial charge in [-0.15, -0.1) is 0 Å². The Morgan fingerprint density at radius 1 is 1.21 bits per heavy atom. The van der Waals surface area contributed by atoms with Crippen LogP contribution in [0.1, 0.15) is 0 Å². The minimum atomic E-state index is -4.93. The first-order valence-corrected chi connectivity index (χ1v) is 6.81. The van der Waals surface area contributed by atoms with Gasteiger partial charge in [0.15, 0.2) is 6.29 Å². The van der Waals surface area contributed by atoms with E-state index in [1.54, 1.807) is 0 Å². The molecule has 6 atom stereocenters. The van der Waals surface area contributed by atoms with Crippen LogP contribution in [0, 0.1) is 0 Å². The molecule has 1 heterocycles. The molecule has 1 saturated heterocycles. The molecule has 6 N–H and O–H groups in total. The predicted molar refractivity (Wildman–Crippen MR) is 57.7 cm³/mol. The smallest absolute Gasteiger partial charge is 0.394 e. The first-order chi connectivity index (χ1) is 8.71. The lowest BCUT2D eigenvalue weighted by atomic mass is 9.95. The molecule has 0 unspecified atom stereocenters. The van der Waals surface area contributed by atoms with Crippen LogP contribution < -0.4 is 0 Å². The second-order valence-corrected chi connectivity index (χ2v) is 5.19. The standard InChI is InChI=1S/C8H17O10P/c1-16-8-6(12)4(10)5(11)7(17-8)3(2-9)18-19(13,14)15/h3-12H,2H2,1H3,(H2,13,14,15)/t3-,4-,5-,6-,7+,8+/m0/s1. The molecule has 1 rings (SSSR count). The van der Waals surface area contributed by atoms with E-state index in [1.807, 2.05) is 0 Å². The largest absolute Gasteiger partial charge is 0.470 e. The lowest BCUT2D eigenvalue weighted by Crippen LogP contribution is -2.61. The first-order valence-electron chi connectivity index (χ1n) is 5.28. The van der Waals surface area contributed by atoms with E-state index >= 15 is 0 Å². The summed E-state index contributed by atoms with van der Waals surface area (Å²) in [4.78, 5) is 17.3. The van der Waals surface area contributed by atoms with Gasteiger partial charge >= 0.3 is 7.82 Å². The zero-order chi connectivity index (χ0) is 14.8.